The average Bonchev–Trinajstić information content (AvgIpc) is 2.49. The van der Waals surface area contributed by atoms with Crippen molar-refractivity contribution in [2.75, 3.05) is 45.8 Å². The van der Waals surface area contributed by atoms with Crippen LogP contribution in [0.15, 0.2) is 18.3 Å². The second-order valence-corrected chi connectivity index (χ2v) is 4.25. The Bertz CT molecular complexity index is 399. The van der Waals surface area contributed by atoms with Crippen molar-refractivity contribution in [1.82, 2.24) is 10.3 Å². The van der Waals surface area contributed by atoms with Crippen molar-refractivity contribution < 1.29 is 14.3 Å². The lowest BCUT2D eigenvalue weighted by Crippen LogP contribution is -2.24. The minimum absolute atomic E-state index is 0.0794. The van der Waals surface area contributed by atoms with Gasteiger partial charge in [0.1, 0.15) is 5.82 Å². The quantitative estimate of drug-likeness (QED) is 0.632. The Morgan fingerprint density at radius 2 is 2.15 bits per heavy atom. The van der Waals surface area contributed by atoms with Gasteiger partial charge < -0.3 is 20.1 Å². The molecule has 6 heteroatoms. The van der Waals surface area contributed by atoms with Gasteiger partial charge in [0, 0.05) is 39.1 Å². The molecule has 2 N–H and O–H groups in total. The maximum Gasteiger partial charge on any atom is 0.251 e. The molecule has 0 bridgehead atoms. The third kappa shape index (κ3) is 6.49. The first kappa shape index (κ1) is 16.4. The van der Waals surface area contributed by atoms with E-state index in [1.807, 2.05) is 0 Å². The van der Waals surface area contributed by atoms with Crippen molar-refractivity contribution >= 4 is 11.7 Å². The van der Waals surface area contributed by atoms with Gasteiger partial charge in [0.25, 0.3) is 5.91 Å². The predicted molar refractivity (Wildman–Crippen MR) is 78.0 cm³/mol. The molecular formula is C14H23N3O3. The molecule has 0 spiro atoms. The van der Waals surface area contributed by atoms with Crippen LogP contribution in [-0.2, 0) is 9.47 Å². The Morgan fingerprint density at radius 1 is 1.30 bits per heavy atom. The van der Waals surface area contributed by atoms with Crippen LogP contribution in [0.5, 0.6) is 0 Å². The van der Waals surface area contributed by atoms with Crippen molar-refractivity contribution in [3.05, 3.63) is 23.9 Å². The van der Waals surface area contributed by atoms with Crippen LogP contribution in [0.4, 0.5) is 5.82 Å². The van der Waals surface area contributed by atoms with Crippen molar-refractivity contribution in [2.24, 2.45) is 0 Å². The lowest BCUT2D eigenvalue weighted by atomic mass is 10.2. The maximum absolute atomic E-state index is 11.9. The summed E-state index contributed by atoms with van der Waals surface area (Å²) in [6.07, 6.45) is 3.43. The van der Waals surface area contributed by atoms with Gasteiger partial charge in [0.05, 0.1) is 13.2 Å². The van der Waals surface area contributed by atoms with E-state index in [4.69, 9.17) is 9.47 Å². The number of hydrogen-bond donors (Lipinski definition) is 2. The van der Waals surface area contributed by atoms with E-state index in [1.165, 1.54) is 0 Å². The molecule has 0 aromatic carbocycles. The Kier molecular flexibility index (Phi) is 8.33. The van der Waals surface area contributed by atoms with Gasteiger partial charge in [-0.25, -0.2) is 4.98 Å². The van der Waals surface area contributed by atoms with Crippen molar-refractivity contribution in [3.63, 3.8) is 0 Å². The predicted octanol–water partition coefficient (Wildman–Crippen LogP) is 1.30. The first-order valence-corrected chi connectivity index (χ1v) is 6.76. The summed E-state index contributed by atoms with van der Waals surface area (Å²) in [4.78, 5) is 15.9. The van der Waals surface area contributed by atoms with E-state index in [9.17, 15) is 4.79 Å². The van der Waals surface area contributed by atoms with Gasteiger partial charge in [-0.3, -0.25) is 4.79 Å². The van der Waals surface area contributed by atoms with E-state index in [-0.39, 0.29) is 5.91 Å². The topological polar surface area (TPSA) is 72.5 Å². The van der Waals surface area contributed by atoms with E-state index in [0.29, 0.717) is 37.7 Å². The van der Waals surface area contributed by atoms with Gasteiger partial charge in [-0.05, 0) is 25.0 Å². The van der Waals surface area contributed by atoms with Gasteiger partial charge >= 0.3 is 0 Å². The molecule has 20 heavy (non-hydrogen) atoms. The molecule has 0 fully saturated rings. The molecule has 0 unspecified atom stereocenters. The number of unbranched alkanes of at least 4 members (excludes halogenated alkanes) is 1. The summed E-state index contributed by atoms with van der Waals surface area (Å²) < 4.78 is 10.2. The number of nitrogens with one attached hydrogen (secondary N) is 2. The normalized spacial score (nSPS) is 10.3. The lowest BCUT2D eigenvalue weighted by Gasteiger charge is -2.07. The highest BCUT2D eigenvalue weighted by molar-refractivity contribution is 5.94. The summed E-state index contributed by atoms with van der Waals surface area (Å²) in [7, 11) is 3.42. The summed E-state index contributed by atoms with van der Waals surface area (Å²) in [5.74, 6) is 0.605. The first-order chi connectivity index (χ1) is 9.77. The van der Waals surface area contributed by atoms with Crippen LogP contribution in [0.2, 0.25) is 0 Å². The fraction of sp³-hybridized carbons (Fsp3) is 0.571. The fourth-order valence-corrected chi connectivity index (χ4v) is 1.59. The molecular weight excluding hydrogens is 258 g/mol. The van der Waals surface area contributed by atoms with Crippen LogP contribution >= 0.6 is 0 Å². The molecule has 1 amide bonds. The number of nitrogens with zero attached hydrogens (tertiary/aromatic N) is 1. The number of methoxy groups -OCH3 is 1. The Balaban J connectivity index is 2.13. The number of carbonyl (C=O) groups is 1. The largest absolute Gasteiger partial charge is 0.382 e. The van der Waals surface area contributed by atoms with Gasteiger partial charge in [-0.2, -0.15) is 0 Å². The molecule has 0 aliphatic heterocycles. The Morgan fingerprint density at radius 3 is 2.90 bits per heavy atom. The van der Waals surface area contributed by atoms with Crippen LogP contribution in [0.1, 0.15) is 23.2 Å². The zero-order chi connectivity index (χ0) is 14.6. The molecule has 0 atom stereocenters. The van der Waals surface area contributed by atoms with E-state index in [1.54, 1.807) is 32.5 Å². The number of hydrogen-bond acceptors (Lipinski definition) is 5. The lowest BCUT2D eigenvalue weighted by molar-refractivity contribution is 0.0686. The van der Waals surface area contributed by atoms with Crippen LogP contribution in [-0.4, -0.2) is 51.4 Å². The SMILES string of the molecule is CNc1cc(C(=O)NCCCCOCCOC)ccn1. The molecule has 1 rings (SSSR count). The smallest absolute Gasteiger partial charge is 0.251 e. The van der Waals surface area contributed by atoms with Crippen LogP contribution in [0, 0.1) is 0 Å². The minimum atomic E-state index is -0.0794. The van der Waals surface area contributed by atoms with Crippen molar-refractivity contribution in [2.45, 2.75) is 12.8 Å². The summed E-state index contributed by atoms with van der Waals surface area (Å²) in [6, 6.07) is 3.42. The maximum atomic E-state index is 11.9. The molecule has 6 nitrogen and oxygen atoms in total. The van der Waals surface area contributed by atoms with E-state index >= 15 is 0 Å². The zero-order valence-corrected chi connectivity index (χ0v) is 12.1. The highest BCUT2D eigenvalue weighted by Crippen LogP contribution is 2.05. The first-order valence-electron chi connectivity index (χ1n) is 6.76. The van der Waals surface area contributed by atoms with E-state index in [0.717, 1.165) is 12.8 Å². The number of pyridine rings is 1. The Hall–Kier alpha value is -1.66. The zero-order valence-electron chi connectivity index (χ0n) is 12.1. The average molecular weight is 281 g/mol. The highest BCUT2D eigenvalue weighted by atomic mass is 16.5. The number of ether oxygens (including phenoxy) is 2. The molecule has 112 valence electrons. The van der Waals surface area contributed by atoms with Crippen molar-refractivity contribution in [1.29, 1.82) is 0 Å². The fourth-order valence-electron chi connectivity index (χ4n) is 1.59. The van der Waals surface area contributed by atoms with Gasteiger partial charge in [0.15, 0.2) is 0 Å². The third-order valence-electron chi connectivity index (χ3n) is 2.71. The molecule has 0 aliphatic carbocycles. The highest BCUT2D eigenvalue weighted by Gasteiger charge is 2.05. The molecule has 0 aliphatic rings. The van der Waals surface area contributed by atoms with Crippen molar-refractivity contribution in [3.8, 4) is 0 Å². The standard InChI is InChI=1S/C14H23N3O3/c1-15-13-11-12(5-7-16-13)14(18)17-6-3-4-8-20-10-9-19-2/h5,7,11H,3-4,6,8-10H2,1-2H3,(H,15,16)(H,17,18). The number of aromatic nitrogens is 1. The van der Waals surface area contributed by atoms with Crippen LogP contribution in [0.25, 0.3) is 0 Å². The van der Waals surface area contributed by atoms with Gasteiger partial charge in [-0.1, -0.05) is 0 Å². The molecule has 1 aromatic heterocycles. The van der Waals surface area contributed by atoms with Crippen LogP contribution in [0.3, 0.4) is 0 Å². The van der Waals surface area contributed by atoms with Gasteiger partial charge in [0.2, 0.25) is 0 Å². The summed E-state index contributed by atoms with van der Waals surface area (Å²) in [5.41, 5.74) is 0.612. The number of amides is 1. The molecule has 0 radical (unpaired) electrons. The number of anilines is 1. The molecule has 0 saturated heterocycles. The number of rotatable bonds is 10. The van der Waals surface area contributed by atoms with E-state index in [2.05, 4.69) is 15.6 Å². The summed E-state index contributed by atoms with van der Waals surface area (Å²) in [6.45, 7) is 2.57. The minimum Gasteiger partial charge on any atom is -0.382 e. The third-order valence-corrected chi connectivity index (χ3v) is 2.71. The monoisotopic (exact) mass is 281 g/mol. The summed E-state index contributed by atoms with van der Waals surface area (Å²) >= 11 is 0. The van der Waals surface area contributed by atoms with Crippen LogP contribution < -0.4 is 10.6 Å². The van der Waals surface area contributed by atoms with Gasteiger partial charge in [-0.15, -0.1) is 0 Å². The second kappa shape index (κ2) is 10.2. The molecule has 1 heterocycles. The summed E-state index contributed by atoms with van der Waals surface area (Å²) in [5, 5.41) is 5.78. The second-order valence-electron chi connectivity index (χ2n) is 4.25. The molecule has 0 saturated carbocycles. The Labute approximate surface area is 119 Å². The molecule has 1 aromatic rings. The van der Waals surface area contributed by atoms with E-state index < -0.39 is 0 Å². The number of carbonyl (C=O) groups excluding carboxylic acids is 1.